The third-order valence-corrected chi connectivity index (χ3v) is 2.36. The first-order valence-electron chi connectivity index (χ1n) is 5.46. The zero-order valence-corrected chi connectivity index (χ0v) is 10.2. The molecule has 0 saturated heterocycles. The molecule has 1 N–H and O–H groups in total. The number of esters is 1. The van der Waals surface area contributed by atoms with Crippen molar-refractivity contribution in [2.75, 3.05) is 12.4 Å². The Kier molecular flexibility index (Phi) is 3.82. The van der Waals surface area contributed by atoms with Gasteiger partial charge >= 0.3 is 5.97 Å². The third-order valence-electron chi connectivity index (χ3n) is 2.36. The van der Waals surface area contributed by atoms with Crippen LogP contribution >= 0.6 is 0 Å². The molecule has 0 spiro atoms. The largest absolute Gasteiger partial charge is 0.465 e. The lowest BCUT2D eigenvalue weighted by Crippen LogP contribution is -2.13. The molecule has 0 aliphatic heterocycles. The van der Waals surface area contributed by atoms with Gasteiger partial charge in [-0.3, -0.25) is 9.78 Å². The van der Waals surface area contributed by atoms with Gasteiger partial charge in [-0.05, 0) is 24.3 Å². The van der Waals surface area contributed by atoms with Crippen molar-refractivity contribution in [1.29, 1.82) is 0 Å². The molecule has 0 aliphatic carbocycles. The maximum Gasteiger partial charge on any atom is 0.337 e. The van der Waals surface area contributed by atoms with Crippen LogP contribution in [0.2, 0.25) is 0 Å². The van der Waals surface area contributed by atoms with Crippen molar-refractivity contribution in [3.8, 4) is 0 Å². The summed E-state index contributed by atoms with van der Waals surface area (Å²) in [5.74, 6) is -0.786. The molecule has 0 saturated carbocycles. The lowest BCUT2D eigenvalue weighted by molar-refractivity contribution is 0.0600. The first-order valence-corrected chi connectivity index (χ1v) is 5.46. The van der Waals surface area contributed by atoms with E-state index in [-0.39, 0.29) is 11.6 Å². The minimum absolute atomic E-state index is 0.222. The first-order chi connectivity index (χ1) is 9.20. The van der Waals surface area contributed by atoms with Crippen LogP contribution < -0.4 is 5.32 Å². The molecule has 0 aliphatic rings. The fraction of sp³-hybridized carbons (Fsp3) is 0.0769. The number of anilines is 1. The number of nitrogens with one attached hydrogen (secondary N) is 1. The average Bonchev–Trinajstić information content (AvgIpc) is 2.48. The van der Waals surface area contributed by atoms with E-state index in [4.69, 9.17) is 0 Å². The highest BCUT2D eigenvalue weighted by atomic mass is 16.5. The molecule has 0 atom stereocenters. The number of rotatable bonds is 3. The molecule has 0 fully saturated rings. The minimum atomic E-state index is -0.424. The number of ether oxygens (including phenoxy) is 1. The van der Waals surface area contributed by atoms with Gasteiger partial charge in [0.15, 0.2) is 0 Å². The quantitative estimate of drug-likeness (QED) is 0.843. The maximum atomic E-state index is 11.8. The molecule has 0 unspecified atom stereocenters. The van der Waals surface area contributed by atoms with E-state index >= 15 is 0 Å². The number of methoxy groups -OCH3 is 1. The van der Waals surface area contributed by atoms with Gasteiger partial charge in [-0.2, -0.15) is 0 Å². The van der Waals surface area contributed by atoms with Gasteiger partial charge < -0.3 is 10.1 Å². The Hall–Kier alpha value is -2.76. The molecule has 0 radical (unpaired) electrons. The van der Waals surface area contributed by atoms with Crippen molar-refractivity contribution in [2.45, 2.75) is 0 Å². The minimum Gasteiger partial charge on any atom is -0.465 e. The standard InChI is InChI=1S/C13H11N3O3/c1-19-13(18)9-2-4-10(5-3-9)16-12(17)11-8-14-6-7-15-11/h2-8H,1H3,(H,16,17). The molecule has 6 heteroatoms. The van der Waals surface area contributed by atoms with Gasteiger partial charge in [0.25, 0.3) is 5.91 Å². The average molecular weight is 257 g/mol. The van der Waals surface area contributed by atoms with E-state index in [2.05, 4.69) is 20.0 Å². The van der Waals surface area contributed by atoms with Gasteiger partial charge in [-0.15, -0.1) is 0 Å². The summed E-state index contributed by atoms with van der Waals surface area (Å²) in [6, 6.07) is 6.36. The second-order valence-electron chi connectivity index (χ2n) is 3.61. The second-order valence-corrected chi connectivity index (χ2v) is 3.61. The molecular weight excluding hydrogens is 246 g/mol. The van der Waals surface area contributed by atoms with E-state index in [9.17, 15) is 9.59 Å². The summed E-state index contributed by atoms with van der Waals surface area (Å²) in [7, 11) is 1.31. The van der Waals surface area contributed by atoms with Gasteiger partial charge in [0, 0.05) is 18.1 Å². The molecule has 0 bridgehead atoms. The van der Waals surface area contributed by atoms with Gasteiger partial charge in [-0.1, -0.05) is 0 Å². The highest BCUT2D eigenvalue weighted by Gasteiger charge is 2.08. The van der Waals surface area contributed by atoms with Crippen molar-refractivity contribution in [3.63, 3.8) is 0 Å². The summed E-state index contributed by atoms with van der Waals surface area (Å²) < 4.78 is 4.58. The van der Waals surface area contributed by atoms with Crippen LogP contribution in [0.5, 0.6) is 0 Å². The Balaban J connectivity index is 2.08. The molecule has 2 rings (SSSR count). The summed E-state index contributed by atoms with van der Waals surface area (Å²) in [5.41, 5.74) is 1.20. The van der Waals surface area contributed by atoms with Crippen LogP contribution in [-0.4, -0.2) is 29.0 Å². The van der Waals surface area contributed by atoms with Crippen molar-refractivity contribution in [3.05, 3.63) is 54.1 Å². The highest BCUT2D eigenvalue weighted by molar-refractivity contribution is 6.02. The molecular formula is C13H11N3O3. The van der Waals surface area contributed by atoms with Crippen LogP contribution in [0.25, 0.3) is 0 Å². The fourth-order valence-electron chi connectivity index (χ4n) is 1.42. The lowest BCUT2D eigenvalue weighted by Gasteiger charge is -2.05. The van der Waals surface area contributed by atoms with E-state index in [1.807, 2.05) is 0 Å². The van der Waals surface area contributed by atoms with E-state index < -0.39 is 5.97 Å². The molecule has 2 aromatic rings. The smallest absolute Gasteiger partial charge is 0.337 e. The highest BCUT2D eigenvalue weighted by Crippen LogP contribution is 2.11. The van der Waals surface area contributed by atoms with Crippen molar-refractivity contribution >= 4 is 17.6 Å². The summed E-state index contributed by atoms with van der Waals surface area (Å²) in [6.45, 7) is 0. The second kappa shape index (κ2) is 5.72. The first kappa shape index (κ1) is 12.7. The summed E-state index contributed by atoms with van der Waals surface area (Å²) in [4.78, 5) is 30.7. The zero-order valence-electron chi connectivity index (χ0n) is 10.2. The topological polar surface area (TPSA) is 81.2 Å². The fourth-order valence-corrected chi connectivity index (χ4v) is 1.42. The van der Waals surface area contributed by atoms with Gasteiger partial charge in [0.2, 0.25) is 0 Å². The summed E-state index contributed by atoms with van der Waals surface area (Å²) >= 11 is 0. The van der Waals surface area contributed by atoms with E-state index in [1.54, 1.807) is 24.3 Å². The van der Waals surface area contributed by atoms with E-state index in [1.165, 1.54) is 25.7 Å². The molecule has 1 amide bonds. The Bertz CT molecular complexity index is 582. The monoisotopic (exact) mass is 257 g/mol. The van der Waals surface area contributed by atoms with Crippen LogP contribution in [0.3, 0.4) is 0 Å². The number of aromatic nitrogens is 2. The molecule has 96 valence electrons. The third kappa shape index (κ3) is 3.12. The number of hydrogen-bond donors (Lipinski definition) is 1. The van der Waals surface area contributed by atoms with Crippen molar-refractivity contribution in [1.82, 2.24) is 9.97 Å². The van der Waals surface area contributed by atoms with Crippen LogP contribution in [0.15, 0.2) is 42.9 Å². The van der Waals surface area contributed by atoms with Gasteiger partial charge in [0.05, 0.1) is 18.9 Å². The Morgan fingerprint density at radius 1 is 1.16 bits per heavy atom. The van der Waals surface area contributed by atoms with Crippen LogP contribution in [-0.2, 0) is 4.74 Å². The Morgan fingerprint density at radius 2 is 1.89 bits per heavy atom. The maximum absolute atomic E-state index is 11.8. The van der Waals surface area contributed by atoms with Gasteiger partial charge in [-0.25, -0.2) is 9.78 Å². The normalized spacial score (nSPS) is 9.74. The van der Waals surface area contributed by atoms with Crippen LogP contribution in [0.1, 0.15) is 20.8 Å². The number of hydrogen-bond acceptors (Lipinski definition) is 5. The number of amides is 1. The lowest BCUT2D eigenvalue weighted by atomic mass is 10.2. The van der Waals surface area contributed by atoms with Crippen LogP contribution in [0, 0.1) is 0 Å². The molecule has 6 nitrogen and oxygen atoms in total. The number of nitrogens with zero attached hydrogens (tertiary/aromatic N) is 2. The Morgan fingerprint density at radius 3 is 2.47 bits per heavy atom. The summed E-state index contributed by atoms with van der Waals surface area (Å²) in [5, 5.41) is 2.65. The summed E-state index contributed by atoms with van der Waals surface area (Å²) in [6.07, 6.45) is 4.30. The number of carbonyl (C=O) groups is 2. The molecule has 1 heterocycles. The SMILES string of the molecule is COC(=O)c1ccc(NC(=O)c2cnccn2)cc1. The Labute approximate surface area is 109 Å². The predicted octanol–water partition coefficient (Wildman–Crippen LogP) is 1.52. The van der Waals surface area contributed by atoms with Crippen LogP contribution in [0.4, 0.5) is 5.69 Å². The van der Waals surface area contributed by atoms with Gasteiger partial charge in [0.1, 0.15) is 5.69 Å². The number of carbonyl (C=O) groups excluding carboxylic acids is 2. The molecule has 1 aromatic heterocycles. The zero-order chi connectivity index (χ0) is 13.7. The molecule has 19 heavy (non-hydrogen) atoms. The predicted molar refractivity (Wildman–Crippen MR) is 67.8 cm³/mol. The van der Waals surface area contributed by atoms with Crippen molar-refractivity contribution < 1.29 is 14.3 Å². The molecule has 1 aromatic carbocycles. The van der Waals surface area contributed by atoms with E-state index in [0.29, 0.717) is 11.3 Å². The van der Waals surface area contributed by atoms with E-state index in [0.717, 1.165) is 0 Å². The van der Waals surface area contributed by atoms with Crippen molar-refractivity contribution in [2.24, 2.45) is 0 Å². The number of benzene rings is 1.